The molecule has 0 aliphatic heterocycles. The van der Waals surface area contributed by atoms with E-state index in [1.54, 1.807) is 21.5 Å². The molecule has 0 fully saturated rings. The number of carboxylic acids is 1. The quantitative estimate of drug-likeness (QED) is 0.923. The zero-order chi connectivity index (χ0) is 16.5. The zero-order valence-electron chi connectivity index (χ0n) is 13.4. The van der Waals surface area contributed by atoms with Gasteiger partial charge < -0.3 is 5.11 Å². The van der Waals surface area contributed by atoms with Gasteiger partial charge in [-0.3, -0.25) is 13.9 Å². The van der Waals surface area contributed by atoms with Crippen molar-refractivity contribution in [1.82, 2.24) is 9.13 Å². The fraction of sp³-hybridized carbons (Fsp3) is 0.412. The van der Waals surface area contributed by atoms with Crippen molar-refractivity contribution in [3.8, 4) is 5.69 Å². The van der Waals surface area contributed by atoms with Gasteiger partial charge in [-0.05, 0) is 31.5 Å². The molecule has 2 aromatic rings. The normalized spacial score (nSPS) is 11.9. The van der Waals surface area contributed by atoms with Crippen molar-refractivity contribution in [2.45, 2.75) is 45.6 Å². The molecule has 0 aliphatic rings. The largest absolute Gasteiger partial charge is 0.481 e. The van der Waals surface area contributed by atoms with Crippen LogP contribution in [0.4, 0.5) is 0 Å². The molecule has 0 saturated heterocycles. The lowest BCUT2D eigenvalue weighted by atomic mass is 9.81. The topological polar surface area (TPSA) is 64.2 Å². The lowest BCUT2D eigenvalue weighted by Crippen LogP contribution is -2.25. The monoisotopic (exact) mass is 302 g/mol. The number of rotatable bonds is 5. The Morgan fingerprint density at radius 1 is 1.27 bits per heavy atom. The molecule has 1 aromatic heterocycles. The Kier molecular flexibility index (Phi) is 4.26. The van der Waals surface area contributed by atoms with Crippen LogP contribution in [0.3, 0.4) is 0 Å². The highest BCUT2D eigenvalue weighted by Crippen LogP contribution is 2.28. The molecule has 5 heteroatoms. The molecular weight excluding hydrogens is 280 g/mol. The molecule has 0 amide bonds. The van der Waals surface area contributed by atoms with Crippen molar-refractivity contribution in [2.75, 3.05) is 0 Å². The van der Waals surface area contributed by atoms with Crippen molar-refractivity contribution in [1.29, 1.82) is 0 Å². The smallest absolute Gasteiger partial charge is 0.332 e. The predicted octanol–water partition coefficient (Wildman–Crippen LogP) is 2.97. The number of benzene rings is 1. The molecule has 5 nitrogen and oxygen atoms in total. The SMILES string of the molecule is CC(C)n1ccn(-c2cccc(C(C)(C)CC(=O)O)c2)c1=O. The summed E-state index contributed by atoms with van der Waals surface area (Å²) in [5.74, 6) is -0.835. The molecule has 0 atom stereocenters. The number of hydrogen-bond acceptors (Lipinski definition) is 2. The van der Waals surface area contributed by atoms with Gasteiger partial charge in [0.2, 0.25) is 0 Å². The zero-order valence-corrected chi connectivity index (χ0v) is 13.4. The number of aliphatic carboxylic acids is 1. The summed E-state index contributed by atoms with van der Waals surface area (Å²) in [4.78, 5) is 23.4. The number of hydrogen-bond donors (Lipinski definition) is 1. The summed E-state index contributed by atoms with van der Waals surface area (Å²) in [6, 6.07) is 7.59. The third kappa shape index (κ3) is 3.13. The minimum absolute atomic E-state index is 0.0400. The lowest BCUT2D eigenvalue weighted by molar-refractivity contribution is -0.138. The maximum atomic E-state index is 12.4. The number of carboxylic acid groups (broad SMARTS) is 1. The Morgan fingerprint density at radius 3 is 2.50 bits per heavy atom. The van der Waals surface area contributed by atoms with Crippen LogP contribution in [0.15, 0.2) is 41.5 Å². The van der Waals surface area contributed by atoms with E-state index in [2.05, 4.69) is 0 Å². The van der Waals surface area contributed by atoms with E-state index in [1.165, 1.54) is 0 Å². The van der Waals surface area contributed by atoms with Crippen molar-refractivity contribution >= 4 is 5.97 Å². The molecule has 1 N–H and O–H groups in total. The molecular formula is C17H22N2O3. The maximum Gasteiger partial charge on any atom is 0.332 e. The van der Waals surface area contributed by atoms with Gasteiger partial charge in [0.25, 0.3) is 0 Å². The first-order valence-corrected chi connectivity index (χ1v) is 7.34. The van der Waals surface area contributed by atoms with E-state index in [4.69, 9.17) is 5.11 Å². The van der Waals surface area contributed by atoms with Crippen LogP contribution in [0.1, 0.15) is 45.7 Å². The van der Waals surface area contributed by atoms with Crippen molar-refractivity contribution in [3.63, 3.8) is 0 Å². The summed E-state index contributed by atoms with van der Waals surface area (Å²) in [5, 5.41) is 9.05. The number of aromatic nitrogens is 2. The molecule has 2 rings (SSSR count). The van der Waals surface area contributed by atoms with Gasteiger partial charge in [-0.15, -0.1) is 0 Å². The number of imidazole rings is 1. The molecule has 0 radical (unpaired) electrons. The molecule has 0 aliphatic carbocycles. The fourth-order valence-electron chi connectivity index (χ4n) is 2.54. The Hall–Kier alpha value is -2.30. The second-order valence-corrected chi connectivity index (χ2v) is 6.46. The van der Waals surface area contributed by atoms with Crippen LogP contribution in [0, 0.1) is 0 Å². The maximum absolute atomic E-state index is 12.4. The van der Waals surface area contributed by atoms with E-state index in [9.17, 15) is 9.59 Å². The van der Waals surface area contributed by atoms with Crippen LogP contribution < -0.4 is 5.69 Å². The molecule has 22 heavy (non-hydrogen) atoms. The van der Waals surface area contributed by atoms with Crippen LogP contribution >= 0.6 is 0 Å². The first kappa shape index (κ1) is 16.1. The molecule has 1 heterocycles. The van der Waals surface area contributed by atoms with Crippen molar-refractivity contribution < 1.29 is 9.90 Å². The van der Waals surface area contributed by atoms with Gasteiger partial charge >= 0.3 is 11.7 Å². The van der Waals surface area contributed by atoms with Crippen LogP contribution in [0.5, 0.6) is 0 Å². The van der Waals surface area contributed by atoms with Crippen LogP contribution in [0.25, 0.3) is 5.69 Å². The molecule has 0 saturated carbocycles. The highest BCUT2D eigenvalue weighted by Gasteiger charge is 2.24. The van der Waals surface area contributed by atoms with Crippen LogP contribution in [-0.2, 0) is 10.2 Å². The van der Waals surface area contributed by atoms with Crippen molar-refractivity contribution in [2.24, 2.45) is 0 Å². The summed E-state index contributed by atoms with van der Waals surface area (Å²) < 4.78 is 3.25. The predicted molar refractivity (Wildman–Crippen MR) is 85.7 cm³/mol. The van der Waals surface area contributed by atoms with Gasteiger partial charge in [-0.1, -0.05) is 26.0 Å². The first-order valence-electron chi connectivity index (χ1n) is 7.34. The third-order valence-electron chi connectivity index (χ3n) is 3.86. The van der Waals surface area contributed by atoms with Crippen molar-refractivity contribution in [3.05, 3.63) is 52.7 Å². The van der Waals surface area contributed by atoms with Gasteiger partial charge in [0.1, 0.15) is 0 Å². The molecule has 0 bridgehead atoms. The molecule has 0 spiro atoms. The molecule has 118 valence electrons. The van der Waals surface area contributed by atoms with Gasteiger partial charge in [0.05, 0.1) is 12.1 Å². The van der Waals surface area contributed by atoms with E-state index in [-0.39, 0.29) is 18.2 Å². The highest BCUT2D eigenvalue weighted by atomic mass is 16.4. The molecule has 1 aromatic carbocycles. The minimum atomic E-state index is -0.835. The second kappa shape index (κ2) is 5.83. The van der Waals surface area contributed by atoms with E-state index in [0.29, 0.717) is 0 Å². The van der Waals surface area contributed by atoms with Crippen LogP contribution in [0.2, 0.25) is 0 Å². The van der Waals surface area contributed by atoms with E-state index in [1.807, 2.05) is 52.0 Å². The fourth-order valence-corrected chi connectivity index (χ4v) is 2.54. The molecule has 0 unspecified atom stereocenters. The summed E-state index contributed by atoms with van der Waals surface area (Å²) in [7, 11) is 0. The number of nitrogens with zero attached hydrogens (tertiary/aromatic N) is 2. The minimum Gasteiger partial charge on any atom is -0.481 e. The Bertz CT molecular complexity index is 738. The Balaban J connectivity index is 2.45. The first-order chi connectivity index (χ1) is 10.2. The summed E-state index contributed by atoms with van der Waals surface area (Å²) in [5.41, 5.74) is 1.06. The average molecular weight is 302 g/mol. The third-order valence-corrected chi connectivity index (χ3v) is 3.86. The Morgan fingerprint density at radius 2 is 1.95 bits per heavy atom. The standard InChI is InChI=1S/C17H22N2O3/c1-12(2)18-8-9-19(16(18)22)14-7-5-6-13(10-14)17(3,4)11-15(20)21/h5-10,12H,11H2,1-4H3,(H,20,21). The van der Waals surface area contributed by atoms with Gasteiger partial charge in [-0.25, -0.2) is 4.79 Å². The number of carbonyl (C=O) groups is 1. The van der Waals surface area contributed by atoms with E-state index in [0.717, 1.165) is 11.3 Å². The van der Waals surface area contributed by atoms with Gasteiger partial charge in [-0.2, -0.15) is 0 Å². The summed E-state index contributed by atoms with van der Waals surface area (Å²) in [6.07, 6.45) is 3.55. The summed E-state index contributed by atoms with van der Waals surface area (Å²) in [6.45, 7) is 7.70. The van der Waals surface area contributed by atoms with Gasteiger partial charge in [0, 0.05) is 23.9 Å². The summed E-state index contributed by atoms with van der Waals surface area (Å²) >= 11 is 0. The highest BCUT2D eigenvalue weighted by molar-refractivity contribution is 5.69. The van der Waals surface area contributed by atoms with Gasteiger partial charge in [0.15, 0.2) is 0 Å². The average Bonchev–Trinajstić information content (AvgIpc) is 2.79. The lowest BCUT2D eigenvalue weighted by Gasteiger charge is -2.23. The van der Waals surface area contributed by atoms with E-state index < -0.39 is 11.4 Å². The van der Waals surface area contributed by atoms with Crippen LogP contribution in [-0.4, -0.2) is 20.2 Å². The second-order valence-electron chi connectivity index (χ2n) is 6.46. The van der Waals surface area contributed by atoms with E-state index >= 15 is 0 Å². The Labute approximate surface area is 129 Å².